The fourth-order valence-corrected chi connectivity index (χ4v) is 2.33. The highest BCUT2D eigenvalue weighted by atomic mass is 35.5. The van der Waals surface area contributed by atoms with Gasteiger partial charge >= 0.3 is 0 Å². The zero-order chi connectivity index (χ0) is 13.8. The van der Waals surface area contributed by atoms with Gasteiger partial charge in [-0.1, -0.05) is 17.7 Å². The van der Waals surface area contributed by atoms with Crippen LogP contribution in [0.2, 0.25) is 5.02 Å². The van der Waals surface area contributed by atoms with Crippen LogP contribution >= 0.6 is 11.6 Å². The summed E-state index contributed by atoms with van der Waals surface area (Å²) in [5.74, 6) is -0.374. The third-order valence-corrected chi connectivity index (χ3v) is 3.34. The summed E-state index contributed by atoms with van der Waals surface area (Å²) < 4.78 is 0. The van der Waals surface area contributed by atoms with E-state index >= 15 is 0 Å². The Balaban J connectivity index is 2.34. The maximum absolute atomic E-state index is 12.4. The number of nitrogens with one attached hydrogen (secondary N) is 1. The van der Waals surface area contributed by atoms with Crippen LogP contribution in [0.3, 0.4) is 0 Å². The lowest BCUT2D eigenvalue weighted by molar-refractivity contribution is -0.385. The number of hydrogen-bond donors (Lipinski definition) is 1. The number of nitrogens with zero attached hydrogens (tertiary/aromatic N) is 2. The van der Waals surface area contributed by atoms with E-state index in [0.717, 1.165) is 13.0 Å². The highest BCUT2D eigenvalue weighted by Gasteiger charge is 2.27. The quantitative estimate of drug-likeness (QED) is 0.662. The third kappa shape index (κ3) is 3.02. The Morgan fingerprint density at radius 3 is 2.89 bits per heavy atom. The second-order valence-corrected chi connectivity index (χ2v) is 4.69. The van der Waals surface area contributed by atoms with Gasteiger partial charge in [0.25, 0.3) is 11.6 Å². The lowest BCUT2D eigenvalue weighted by Gasteiger charge is -2.20. The third-order valence-electron chi connectivity index (χ3n) is 3.03. The Kier molecular flexibility index (Phi) is 4.34. The average Bonchev–Trinajstić information content (AvgIpc) is 2.66. The van der Waals surface area contributed by atoms with Gasteiger partial charge in [0, 0.05) is 25.7 Å². The second kappa shape index (κ2) is 5.99. The first-order chi connectivity index (χ1) is 9.11. The molecule has 1 aliphatic rings. The largest absolute Gasteiger partial charge is 0.337 e. The molecule has 1 saturated heterocycles. The van der Waals surface area contributed by atoms with E-state index in [-0.39, 0.29) is 22.2 Å². The second-order valence-electron chi connectivity index (χ2n) is 4.29. The van der Waals surface area contributed by atoms with Crippen molar-refractivity contribution < 1.29 is 9.72 Å². The summed E-state index contributed by atoms with van der Waals surface area (Å²) in [6.07, 6.45) is 0.823. The molecule has 0 unspecified atom stereocenters. The van der Waals surface area contributed by atoms with Crippen LogP contribution in [-0.2, 0) is 0 Å². The fraction of sp³-hybridized carbons (Fsp3) is 0.417. The summed E-state index contributed by atoms with van der Waals surface area (Å²) in [5.41, 5.74) is -0.259. The topological polar surface area (TPSA) is 75.5 Å². The molecule has 1 fully saturated rings. The molecule has 1 heterocycles. The lowest BCUT2D eigenvalue weighted by atomic mass is 10.1. The van der Waals surface area contributed by atoms with Crippen LogP contribution < -0.4 is 5.32 Å². The van der Waals surface area contributed by atoms with Crippen molar-refractivity contribution in [2.24, 2.45) is 0 Å². The number of carbonyl (C=O) groups excluding carboxylic acids is 1. The van der Waals surface area contributed by atoms with Crippen molar-refractivity contribution in [2.75, 3.05) is 26.2 Å². The molecule has 0 bridgehead atoms. The maximum atomic E-state index is 12.4. The predicted octanol–water partition coefficient (Wildman–Crippen LogP) is 1.68. The molecular weight excluding hydrogens is 270 g/mol. The number of carbonyl (C=O) groups is 1. The molecule has 1 amide bonds. The maximum Gasteiger partial charge on any atom is 0.283 e. The van der Waals surface area contributed by atoms with Gasteiger partial charge in [0.1, 0.15) is 5.56 Å². The Bertz CT molecular complexity index is 499. The summed E-state index contributed by atoms with van der Waals surface area (Å²) in [6.45, 7) is 2.63. The van der Waals surface area contributed by atoms with Crippen LogP contribution in [0.15, 0.2) is 18.2 Å². The number of rotatable bonds is 2. The first-order valence-electron chi connectivity index (χ1n) is 6.04. The Hall–Kier alpha value is -1.66. The summed E-state index contributed by atoms with van der Waals surface area (Å²) in [6, 6.07) is 4.27. The van der Waals surface area contributed by atoms with Crippen molar-refractivity contribution in [1.82, 2.24) is 10.2 Å². The van der Waals surface area contributed by atoms with Crippen molar-refractivity contribution >= 4 is 23.2 Å². The number of amides is 1. The van der Waals surface area contributed by atoms with Gasteiger partial charge in [-0.3, -0.25) is 14.9 Å². The summed E-state index contributed by atoms with van der Waals surface area (Å²) in [5, 5.41) is 14.3. The minimum absolute atomic E-state index is 0.0175. The van der Waals surface area contributed by atoms with Gasteiger partial charge in [-0.25, -0.2) is 0 Å². The van der Waals surface area contributed by atoms with Crippen molar-refractivity contribution in [2.45, 2.75) is 6.42 Å². The van der Waals surface area contributed by atoms with Crippen LogP contribution in [0, 0.1) is 10.1 Å². The van der Waals surface area contributed by atoms with Gasteiger partial charge in [0.05, 0.1) is 9.95 Å². The average molecular weight is 284 g/mol. The zero-order valence-electron chi connectivity index (χ0n) is 10.3. The van der Waals surface area contributed by atoms with Crippen LogP contribution in [-0.4, -0.2) is 41.9 Å². The highest BCUT2D eigenvalue weighted by Crippen LogP contribution is 2.27. The van der Waals surface area contributed by atoms with Crippen LogP contribution in [0.5, 0.6) is 0 Å². The number of nitro benzene ring substituents is 1. The Morgan fingerprint density at radius 1 is 1.37 bits per heavy atom. The highest BCUT2D eigenvalue weighted by molar-refractivity contribution is 6.34. The van der Waals surface area contributed by atoms with E-state index < -0.39 is 4.92 Å². The fourth-order valence-electron chi connectivity index (χ4n) is 2.08. The number of hydrogen-bond acceptors (Lipinski definition) is 4. The van der Waals surface area contributed by atoms with E-state index in [1.165, 1.54) is 18.2 Å². The standard InChI is InChI=1S/C12H14ClN3O3/c13-9-3-1-4-10(16(18)19)11(9)12(17)15-7-2-5-14-6-8-15/h1,3-4,14H,2,5-8H2. The molecule has 0 aromatic heterocycles. The lowest BCUT2D eigenvalue weighted by Crippen LogP contribution is -2.34. The number of nitro groups is 1. The molecule has 2 rings (SSSR count). The van der Waals surface area contributed by atoms with Crippen molar-refractivity contribution in [1.29, 1.82) is 0 Å². The zero-order valence-corrected chi connectivity index (χ0v) is 11.0. The predicted molar refractivity (Wildman–Crippen MR) is 71.5 cm³/mol. The molecule has 0 aliphatic carbocycles. The summed E-state index contributed by atoms with van der Waals surface area (Å²) in [4.78, 5) is 24.4. The van der Waals surface area contributed by atoms with E-state index in [2.05, 4.69) is 5.32 Å². The van der Waals surface area contributed by atoms with Crippen molar-refractivity contribution in [3.8, 4) is 0 Å². The molecule has 1 aromatic rings. The van der Waals surface area contributed by atoms with E-state index in [1.54, 1.807) is 4.90 Å². The molecule has 102 valence electrons. The van der Waals surface area contributed by atoms with Crippen LogP contribution in [0.1, 0.15) is 16.8 Å². The molecule has 7 heteroatoms. The van der Waals surface area contributed by atoms with E-state index in [9.17, 15) is 14.9 Å². The first-order valence-corrected chi connectivity index (χ1v) is 6.42. The number of benzene rings is 1. The molecule has 6 nitrogen and oxygen atoms in total. The smallest absolute Gasteiger partial charge is 0.283 e. The molecular formula is C12H14ClN3O3. The van der Waals surface area contributed by atoms with Crippen LogP contribution in [0.25, 0.3) is 0 Å². The van der Waals surface area contributed by atoms with Gasteiger partial charge in [0.2, 0.25) is 0 Å². The Morgan fingerprint density at radius 2 is 2.16 bits per heavy atom. The molecule has 19 heavy (non-hydrogen) atoms. The summed E-state index contributed by atoms with van der Waals surface area (Å²) in [7, 11) is 0. The molecule has 1 aliphatic heterocycles. The molecule has 0 atom stereocenters. The SMILES string of the molecule is O=C(c1c(Cl)cccc1[N+](=O)[O-])N1CCCNCC1. The normalized spacial score (nSPS) is 15.9. The molecule has 1 aromatic carbocycles. The minimum atomic E-state index is -0.574. The monoisotopic (exact) mass is 283 g/mol. The molecule has 0 saturated carbocycles. The van der Waals surface area contributed by atoms with Gasteiger partial charge in [-0.2, -0.15) is 0 Å². The molecule has 0 radical (unpaired) electrons. The van der Waals surface area contributed by atoms with Crippen molar-refractivity contribution in [3.63, 3.8) is 0 Å². The van der Waals surface area contributed by atoms with Gasteiger partial charge < -0.3 is 10.2 Å². The van der Waals surface area contributed by atoms with E-state index in [4.69, 9.17) is 11.6 Å². The van der Waals surface area contributed by atoms with Gasteiger partial charge in [-0.05, 0) is 19.0 Å². The minimum Gasteiger partial charge on any atom is -0.337 e. The summed E-state index contributed by atoms with van der Waals surface area (Å²) >= 11 is 5.96. The molecule has 1 N–H and O–H groups in total. The molecule has 0 spiro atoms. The van der Waals surface area contributed by atoms with Crippen LogP contribution in [0.4, 0.5) is 5.69 Å². The van der Waals surface area contributed by atoms with E-state index in [0.29, 0.717) is 19.6 Å². The Labute approximate surface area is 115 Å². The first kappa shape index (κ1) is 13.8. The van der Waals surface area contributed by atoms with Gasteiger partial charge in [0.15, 0.2) is 0 Å². The van der Waals surface area contributed by atoms with Crippen molar-refractivity contribution in [3.05, 3.63) is 38.9 Å². The van der Waals surface area contributed by atoms with E-state index in [1.807, 2.05) is 0 Å². The van der Waals surface area contributed by atoms with Gasteiger partial charge in [-0.15, -0.1) is 0 Å². The number of halogens is 1.